The third kappa shape index (κ3) is 4.67. The molecule has 0 amide bonds. The van der Waals surface area contributed by atoms with Crippen molar-refractivity contribution in [2.45, 2.75) is 38.6 Å². The normalized spacial score (nSPS) is 14.2. The van der Waals surface area contributed by atoms with Crippen LogP contribution in [0, 0.1) is 5.92 Å². The third-order valence-electron chi connectivity index (χ3n) is 3.28. The number of aryl methyl sites for hydroxylation is 1. The van der Waals surface area contributed by atoms with Crippen LogP contribution >= 0.6 is 11.6 Å². The Bertz CT molecular complexity index is 395. The van der Waals surface area contributed by atoms with E-state index in [1.807, 2.05) is 31.2 Å². The van der Waals surface area contributed by atoms with Crippen molar-refractivity contribution in [1.82, 2.24) is 0 Å². The maximum Gasteiger partial charge on any atom is 0.304 e. The van der Waals surface area contributed by atoms with Crippen molar-refractivity contribution >= 4 is 17.6 Å². The lowest BCUT2D eigenvalue weighted by atomic mass is 9.89. The van der Waals surface area contributed by atoms with Crippen LogP contribution in [0.5, 0.6) is 0 Å². The summed E-state index contributed by atoms with van der Waals surface area (Å²) in [6.45, 7) is 2.04. The molecular formula is C14H20ClNO2. The first kappa shape index (κ1) is 15.0. The minimum atomic E-state index is -0.835. The first-order chi connectivity index (χ1) is 8.54. The molecule has 0 aliphatic heterocycles. The average Bonchev–Trinajstić information content (AvgIpc) is 2.31. The fraction of sp³-hybridized carbons (Fsp3) is 0.500. The van der Waals surface area contributed by atoms with Gasteiger partial charge in [0.1, 0.15) is 0 Å². The molecule has 0 bridgehead atoms. The lowest BCUT2D eigenvalue weighted by Crippen LogP contribution is -2.32. The van der Waals surface area contributed by atoms with Gasteiger partial charge in [0, 0.05) is 11.1 Å². The Morgan fingerprint density at radius 1 is 1.44 bits per heavy atom. The van der Waals surface area contributed by atoms with E-state index in [2.05, 4.69) is 0 Å². The Kier molecular flexibility index (Phi) is 6.16. The zero-order chi connectivity index (χ0) is 13.5. The zero-order valence-electron chi connectivity index (χ0n) is 10.6. The molecule has 0 spiro atoms. The van der Waals surface area contributed by atoms with Gasteiger partial charge in [0.05, 0.1) is 6.42 Å². The highest BCUT2D eigenvalue weighted by Gasteiger charge is 2.18. The molecule has 4 heteroatoms. The molecule has 0 aliphatic rings. The van der Waals surface area contributed by atoms with E-state index in [1.54, 1.807) is 0 Å². The highest BCUT2D eigenvalue weighted by molar-refractivity contribution is 6.31. The highest BCUT2D eigenvalue weighted by atomic mass is 35.5. The molecule has 3 N–H and O–H groups in total. The molecule has 0 fully saturated rings. The van der Waals surface area contributed by atoms with Crippen LogP contribution < -0.4 is 5.73 Å². The molecule has 0 aliphatic carbocycles. The van der Waals surface area contributed by atoms with Crippen LogP contribution in [0.2, 0.25) is 5.02 Å². The molecule has 0 saturated heterocycles. The fourth-order valence-corrected chi connectivity index (χ4v) is 2.36. The van der Waals surface area contributed by atoms with Crippen molar-refractivity contribution in [3.05, 3.63) is 34.9 Å². The fourth-order valence-electron chi connectivity index (χ4n) is 2.13. The molecule has 1 aromatic rings. The Morgan fingerprint density at radius 3 is 2.67 bits per heavy atom. The smallest absolute Gasteiger partial charge is 0.304 e. The van der Waals surface area contributed by atoms with Crippen LogP contribution in [-0.4, -0.2) is 17.1 Å². The van der Waals surface area contributed by atoms with Crippen LogP contribution in [0.4, 0.5) is 0 Å². The molecule has 2 unspecified atom stereocenters. The maximum absolute atomic E-state index is 10.7. The van der Waals surface area contributed by atoms with E-state index in [1.165, 1.54) is 0 Å². The van der Waals surface area contributed by atoms with Gasteiger partial charge in [0.2, 0.25) is 0 Å². The number of aliphatic carboxylic acids is 1. The summed E-state index contributed by atoms with van der Waals surface area (Å²) in [5.41, 5.74) is 7.02. The standard InChI is InChI=1S/C14H20ClNO2/c1-2-10(13(16)9-14(17)18)7-8-11-5-3-4-6-12(11)15/h3-6,10,13H,2,7-9,16H2,1H3,(H,17,18). The molecule has 18 heavy (non-hydrogen) atoms. The second-order valence-electron chi connectivity index (χ2n) is 4.56. The third-order valence-corrected chi connectivity index (χ3v) is 3.65. The predicted molar refractivity (Wildman–Crippen MR) is 73.8 cm³/mol. The zero-order valence-corrected chi connectivity index (χ0v) is 11.4. The van der Waals surface area contributed by atoms with Crippen LogP contribution in [0.25, 0.3) is 0 Å². The molecule has 1 aromatic carbocycles. The van der Waals surface area contributed by atoms with Crippen molar-refractivity contribution in [2.75, 3.05) is 0 Å². The molecule has 1 rings (SSSR count). The Morgan fingerprint density at radius 2 is 2.11 bits per heavy atom. The van der Waals surface area contributed by atoms with Crippen molar-refractivity contribution in [3.63, 3.8) is 0 Å². The van der Waals surface area contributed by atoms with E-state index in [9.17, 15) is 4.79 Å². The van der Waals surface area contributed by atoms with Crippen molar-refractivity contribution in [1.29, 1.82) is 0 Å². The van der Waals surface area contributed by atoms with Crippen LogP contribution in [-0.2, 0) is 11.2 Å². The second-order valence-corrected chi connectivity index (χ2v) is 4.97. The van der Waals surface area contributed by atoms with E-state index in [0.29, 0.717) is 0 Å². The van der Waals surface area contributed by atoms with Gasteiger partial charge < -0.3 is 10.8 Å². The quantitative estimate of drug-likeness (QED) is 0.799. The molecule has 0 aromatic heterocycles. The van der Waals surface area contributed by atoms with Gasteiger partial charge in [-0.15, -0.1) is 0 Å². The number of hydrogen-bond acceptors (Lipinski definition) is 2. The van der Waals surface area contributed by atoms with Gasteiger partial charge in [-0.1, -0.05) is 43.1 Å². The Balaban J connectivity index is 2.54. The molecule has 3 nitrogen and oxygen atoms in total. The molecule has 0 radical (unpaired) electrons. The number of rotatable bonds is 7. The molecule has 100 valence electrons. The maximum atomic E-state index is 10.7. The average molecular weight is 270 g/mol. The minimum Gasteiger partial charge on any atom is -0.481 e. The Labute approximate surface area is 113 Å². The van der Waals surface area contributed by atoms with Gasteiger partial charge in [-0.3, -0.25) is 4.79 Å². The summed E-state index contributed by atoms with van der Waals surface area (Å²) < 4.78 is 0. The van der Waals surface area contributed by atoms with Crippen LogP contribution in [0.3, 0.4) is 0 Å². The first-order valence-corrected chi connectivity index (χ1v) is 6.63. The minimum absolute atomic E-state index is 0.0288. The van der Waals surface area contributed by atoms with Gasteiger partial charge in [-0.25, -0.2) is 0 Å². The van der Waals surface area contributed by atoms with E-state index in [0.717, 1.165) is 29.8 Å². The lowest BCUT2D eigenvalue weighted by molar-refractivity contribution is -0.137. The number of carboxylic acids is 1. The van der Waals surface area contributed by atoms with E-state index in [4.69, 9.17) is 22.4 Å². The highest BCUT2D eigenvalue weighted by Crippen LogP contribution is 2.22. The number of nitrogens with two attached hydrogens (primary N) is 1. The van der Waals surface area contributed by atoms with Crippen molar-refractivity contribution < 1.29 is 9.90 Å². The van der Waals surface area contributed by atoms with Crippen LogP contribution in [0.15, 0.2) is 24.3 Å². The number of hydrogen-bond donors (Lipinski definition) is 2. The van der Waals surface area contributed by atoms with Crippen LogP contribution in [0.1, 0.15) is 31.7 Å². The van der Waals surface area contributed by atoms with E-state index >= 15 is 0 Å². The van der Waals surface area contributed by atoms with Gasteiger partial charge in [0.15, 0.2) is 0 Å². The predicted octanol–water partition coefficient (Wildman–Crippen LogP) is 3.10. The summed E-state index contributed by atoms with van der Waals surface area (Å²) in [6.07, 6.45) is 2.63. The van der Waals surface area contributed by atoms with Crippen molar-refractivity contribution in [3.8, 4) is 0 Å². The summed E-state index contributed by atoms with van der Waals surface area (Å²) in [6, 6.07) is 7.45. The number of carbonyl (C=O) groups is 1. The second kappa shape index (κ2) is 7.39. The largest absolute Gasteiger partial charge is 0.481 e. The molecule has 0 heterocycles. The van der Waals surface area contributed by atoms with Gasteiger partial charge in [-0.05, 0) is 30.4 Å². The summed E-state index contributed by atoms with van der Waals surface area (Å²) in [5, 5.41) is 9.52. The van der Waals surface area contributed by atoms with E-state index in [-0.39, 0.29) is 18.4 Å². The SMILES string of the molecule is CCC(CCc1ccccc1Cl)C(N)CC(=O)O. The molecule has 2 atom stereocenters. The molecular weight excluding hydrogens is 250 g/mol. The summed E-state index contributed by atoms with van der Waals surface area (Å²) in [5.74, 6) is -0.615. The van der Waals surface area contributed by atoms with E-state index < -0.39 is 5.97 Å². The number of carboxylic acid groups (broad SMARTS) is 1. The van der Waals surface area contributed by atoms with Gasteiger partial charge in [0.25, 0.3) is 0 Å². The van der Waals surface area contributed by atoms with Gasteiger partial charge >= 0.3 is 5.97 Å². The number of benzene rings is 1. The summed E-state index contributed by atoms with van der Waals surface area (Å²) in [7, 11) is 0. The summed E-state index contributed by atoms with van der Waals surface area (Å²) >= 11 is 6.09. The molecule has 0 saturated carbocycles. The first-order valence-electron chi connectivity index (χ1n) is 6.25. The van der Waals surface area contributed by atoms with Gasteiger partial charge in [-0.2, -0.15) is 0 Å². The topological polar surface area (TPSA) is 63.3 Å². The summed E-state index contributed by atoms with van der Waals surface area (Å²) in [4.78, 5) is 10.7. The Hall–Kier alpha value is -1.06. The monoisotopic (exact) mass is 269 g/mol. The van der Waals surface area contributed by atoms with Crippen molar-refractivity contribution in [2.24, 2.45) is 11.7 Å². The number of halogens is 1. The lowest BCUT2D eigenvalue weighted by Gasteiger charge is -2.21.